The van der Waals surface area contributed by atoms with Crippen molar-refractivity contribution in [2.45, 2.75) is 11.1 Å². The van der Waals surface area contributed by atoms with E-state index in [4.69, 9.17) is 0 Å². The molecule has 1 aromatic rings. The van der Waals surface area contributed by atoms with Gasteiger partial charge in [0.1, 0.15) is 0 Å². The van der Waals surface area contributed by atoms with E-state index in [1.807, 2.05) is 0 Å². The average Bonchev–Trinajstić information content (AvgIpc) is 2.13. The van der Waals surface area contributed by atoms with Gasteiger partial charge in [-0.25, -0.2) is 12.0 Å². The molecule has 4 nitrogen and oxygen atoms in total. The van der Waals surface area contributed by atoms with Crippen LogP contribution < -0.4 is 29.6 Å². The first-order valence-corrected chi connectivity index (χ1v) is 5.75. The van der Waals surface area contributed by atoms with Crippen molar-refractivity contribution in [3.05, 3.63) is 29.8 Å². The van der Waals surface area contributed by atoms with Crippen molar-refractivity contribution in [2.75, 3.05) is 0 Å². The zero-order valence-electron chi connectivity index (χ0n) is 8.39. The molecule has 0 N–H and O–H groups in total. The molecular weight excluding hydrogens is 292 g/mol. The fourth-order valence-electron chi connectivity index (χ4n) is 0.780. The summed E-state index contributed by atoms with van der Waals surface area (Å²) < 4.78 is 70.3. The molecule has 10 heteroatoms. The minimum atomic E-state index is -4.87. The first-order valence-electron chi connectivity index (χ1n) is 3.68. The molecule has 0 saturated carbocycles. The SMILES string of the molecule is O=S(=O)([O-])OSc1ccc(C(F)(F)F)cc1.[Na+]. The van der Waals surface area contributed by atoms with Crippen LogP contribution in [0.3, 0.4) is 0 Å². The van der Waals surface area contributed by atoms with Gasteiger partial charge in [-0.15, -0.1) is 0 Å². The fourth-order valence-corrected chi connectivity index (χ4v) is 1.68. The van der Waals surface area contributed by atoms with E-state index in [0.717, 1.165) is 24.3 Å². The molecular formula is C7H4F3NaO4S2. The molecule has 0 aliphatic rings. The van der Waals surface area contributed by atoms with Gasteiger partial charge in [0.2, 0.25) is 10.4 Å². The van der Waals surface area contributed by atoms with Crippen molar-refractivity contribution in [3.63, 3.8) is 0 Å². The number of hydrogen-bond acceptors (Lipinski definition) is 5. The second kappa shape index (κ2) is 6.41. The summed E-state index contributed by atoms with van der Waals surface area (Å²) in [5.74, 6) is 0. The van der Waals surface area contributed by atoms with Gasteiger partial charge in [-0.2, -0.15) is 13.2 Å². The third-order valence-corrected chi connectivity index (χ3v) is 2.80. The van der Waals surface area contributed by atoms with Crippen molar-refractivity contribution < 1.29 is 59.3 Å². The maximum Gasteiger partial charge on any atom is 1.00 e. The molecule has 0 radical (unpaired) electrons. The van der Waals surface area contributed by atoms with Gasteiger partial charge >= 0.3 is 35.7 Å². The summed E-state index contributed by atoms with van der Waals surface area (Å²) in [6.07, 6.45) is -4.46. The van der Waals surface area contributed by atoms with Crippen LogP contribution in [-0.4, -0.2) is 13.0 Å². The van der Waals surface area contributed by atoms with E-state index in [1.165, 1.54) is 0 Å². The summed E-state index contributed by atoms with van der Waals surface area (Å²) >= 11 is 0.179. The zero-order chi connectivity index (χ0) is 12.4. The van der Waals surface area contributed by atoms with Crippen LogP contribution >= 0.6 is 12.0 Å². The summed E-state index contributed by atoms with van der Waals surface area (Å²) in [5.41, 5.74) is -0.873. The van der Waals surface area contributed by atoms with Crippen LogP contribution in [0.5, 0.6) is 0 Å². The number of halogens is 3. The van der Waals surface area contributed by atoms with Crippen LogP contribution in [0.15, 0.2) is 29.2 Å². The van der Waals surface area contributed by atoms with Crippen LogP contribution in [0, 0.1) is 0 Å². The zero-order valence-corrected chi connectivity index (χ0v) is 12.0. The Balaban J connectivity index is 0.00000256. The Kier molecular flexibility index (Phi) is 6.50. The largest absolute Gasteiger partial charge is 1.00 e. The minimum Gasteiger partial charge on any atom is -0.725 e. The molecule has 0 atom stereocenters. The molecule has 0 heterocycles. The Bertz CT molecular complexity index is 457. The monoisotopic (exact) mass is 296 g/mol. The third-order valence-electron chi connectivity index (χ3n) is 1.40. The molecule has 1 aromatic carbocycles. The molecule has 0 aromatic heterocycles. The van der Waals surface area contributed by atoms with Crippen molar-refractivity contribution in [2.24, 2.45) is 0 Å². The van der Waals surface area contributed by atoms with E-state index >= 15 is 0 Å². The van der Waals surface area contributed by atoms with Gasteiger partial charge in [0.25, 0.3) is 0 Å². The van der Waals surface area contributed by atoms with Gasteiger partial charge in [-0.05, 0) is 24.3 Å². The molecule has 0 amide bonds. The van der Waals surface area contributed by atoms with Crippen molar-refractivity contribution in [3.8, 4) is 0 Å². The normalized spacial score (nSPS) is 12.0. The smallest absolute Gasteiger partial charge is 0.725 e. The van der Waals surface area contributed by atoms with E-state index in [2.05, 4.69) is 3.63 Å². The van der Waals surface area contributed by atoms with Gasteiger partial charge < -0.3 is 4.55 Å². The van der Waals surface area contributed by atoms with E-state index in [-0.39, 0.29) is 46.5 Å². The van der Waals surface area contributed by atoms with E-state index in [0.29, 0.717) is 0 Å². The van der Waals surface area contributed by atoms with Gasteiger partial charge in [0, 0.05) is 16.9 Å². The summed E-state index contributed by atoms with van der Waals surface area (Å²) in [5, 5.41) is 0. The third kappa shape index (κ3) is 6.65. The fraction of sp³-hybridized carbons (Fsp3) is 0.143. The van der Waals surface area contributed by atoms with Crippen LogP contribution in [0.1, 0.15) is 5.56 Å². The minimum absolute atomic E-state index is 0. The predicted molar refractivity (Wildman–Crippen MR) is 48.1 cm³/mol. The second-order valence-electron chi connectivity index (χ2n) is 2.58. The van der Waals surface area contributed by atoms with Gasteiger partial charge in [-0.3, -0.25) is 0 Å². The maximum absolute atomic E-state index is 12.1. The van der Waals surface area contributed by atoms with E-state index < -0.39 is 22.1 Å². The van der Waals surface area contributed by atoms with Crippen LogP contribution in [0.4, 0.5) is 13.2 Å². The van der Waals surface area contributed by atoms with E-state index in [1.54, 1.807) is 0 Å². The molecule has 90 valence electrons. The number of alkyl halides is 3. The van der Waals surface area contributed by atoms with Crippen molar-refractivity contribution in [1.29, 1.82) is 0 Å². The Hall–Kier alpha value is 0.230. The van der Waals surface area contributed by atoms with Crippen molar-refractivity contribution in [1.82, 2.24) is 0 Å². The summed E-state index contributed by atoms with van der Waals surface area (Å²) in [4.78, 5) is 0.0763. The number of rotatable bonds is 3. The summed E-state index contributed by atoms with van der Waals surface area (Å²) in [7, 11) is -4.87. The molecule has 0 saturated heterocycles. The number of hydrogen-bond donors (Lipinski definition) is 0. The Morgan fingerprint density at radius 1 is 1.18 bits per heavy atom. The van der Waals surface area contributed by atoms with Crippen LogP contribution in [0.2, 0.25) is 0 Å². The summed E-state index contributed by atoms with van der Waals surface area (Å²) in [6, 6.07) is 3.50. The molecule has 0 bridgehead atoms. The van der Waals surface area contributed by atoms with Crippen LogP contribution in [-0.2, 0) is 20.2 Å². The Labute approximate surface area is 122 Å². The molecule has 0 spiro atoms. The Morgan fingerprint density at radius 2 is 1.65 bits per heavy atom. The number of benzene rings is 1. The summed E-state index contributed by atoms with van der Waals surface area (Å²) in [6.45, 7) is 0. The topological polar surface area (TPSA) is 66.4 Å². The van der Waals surface area contributed by atoms with Gasteiger partial charge in [0.15, 0.2) is 0 Å². The quantitative estimate of drug-likeness (QED) is 0.316. The molecule has 0 aliphatic carbocycles. The predicted octanol–water partition coefficient (Wildman–Crippen LogP) is -0.807. The first-order chi connectivity index (χ1) is 7.18. The van der Waals surface area contributed by atoms with E-state index in [9.17, 15) is 26.1 Å². The van der Waals surface area contributed by atoms with Crippen molar-refractivity contribution >= 4 is 22.4 Å². The first kappa shape index (κ1) is 17.2. The van der Waals surface area contributed by atoms with Crippen LogP contribution in [0.25, 0.3) is 0 Å². The second-order valence-corrected chi connectivity index (χ2v) is 4.58. The van der Waals surface area contributed by atoms with Gasteiger partial charge in [0.05, 0.1) is 5.56 Å². The molecule has 0 fully saturated rings. The standard InChI is InChI=1S/C7H5F3O4S2.Na/c8-7(9,10)5-1-3-6(4-2-5)15-14-16(11,12)13;/h1-4H,(H,11,12,13);/q;+1/p-1. The maximum atomic E-state index is 12.1. The molecule has 0 aliphatic heterocycles. The molecule has 1 rings (SSSR count). The van der Waals surface area contributed by atoms with Gasteiger partial charge in [-0.1, -0.05) is 0 Å². The molecule has 0 unspecified atom stereocenters. The Morgan fingerprint density at radius 3 is 2.00 bits per heavy atom. The average molecular weight is 296 g/mol. The molecule has 17 heavy (non-hydrogen) atoms.